The first-order valence-corrected chi connectivity index (χ1v) is 12.3. The van der Waals surface area contributed by atoms with E-state index in [1.165, 1.54) is 4.31 Å². The molecule has 1 atom stereocenters. The number of sulfonamides is 1. The molecule has 1 aromatic carbocycles. The van der Waals surface area contributed by atoms with E-state index in [9.17, 15) is 13.2 Å². The minimum absolute atomic E-state index is 0.118. The summed E-state index contributed by atoms with van der Waals surface area (Å²) >= 11 is 1.10. The highest BCUT2D eigenvalue weighted by Gasteiger charge is 2.34. The molecule has 0 radical (unpaired) electrons. The van der Waals surface area contributed by atoms with Crippen molar-refractivity contribution in [2.75, 3.05) is 25.2 Å². The van der Waals surface area contributed by atoms with E-state index in [0.29, 0.717) is 53.9 Å². The maximum atomic E-state index is 13.2. The zero-order chi connectivity index (χ0) is 22.3. The topological polar surface area (TPSA) is 124 Å². The first-order valence-electron chi connectivity index (χ1n) is 10.00. The van der Waals surface area contributed by atoms with Crippen molar-refractivity contribution in [3.8, 4) is 22.9 Å². The highest BCUT2D eigenvalue weighted by molar-refractivity contribution is 7.91. The molecular weight excluding hydrogens is 456 g/mol. The number of hydrogen-bond donors (Lipinski definition) is 1. The Kier molecular flexibility index (Phi) is 5.35. The van der Waals surface area contributed by atoms with Crippen LogP contribution in [0.5, 0.6) is 11.5 Å². The predicted octanol–water partition coefficient (Wildman–Crippen LogP) is 2.87. The van der Waals surface area contributed by atoms with Gasteiger partial charge in [0.05, 0.1) is 5.92 Å². The Bertz CT molecular complexity index is 1270. The van der Waals surface area contributed by atoms with Gasteiger partial charge < -0.3 is 19.3 Å². The number of aryl methyl sites for hydroxylation is 1. The quantitative estimate of drug-likeness (QED) is 0.596. The van der Waals surface area contributed by atoms with Crippen LogP contribution in [-0.4, -0.2) is 48.7 Å². The summed E-state index contributed by atoms with van der Waals surface area (Å²) in [6.07, 6.45) is 1.21. The molecule has 0 spiro atoms. The summed E-state index contributed by atoms with van der Waals surface area (Å²) in [4.78, 5) is 17.0. The smallest absolute Gasteiger partial charge is 0.252 e. The summed E-state index contributed by atoms with van der Waals surface area (Å²) in [7, 11) is -3.74. The van der Waals surface area contributed by atoms with Gasteiger partial charge in [-0.3, -0.25) is 4.79 Å². The zero-order valence-electron chi connectivity index (χ0n) is 17.1. The molecule has 3 aromatic rings. The van der Waals surface area contributed by atoms with E-state index < -0.39 is 15.9 Å². The van der Waals surface area contributed by atoms with Crippen LogP contribution in [0.2, 0.25) is 0 Å². The lowest BCUT2D eigenvalue weighted by molar-refractivity contribution is -0.120. The Morgan fingerprint density at radius 1 is 1.25 bits per heavy atom. The van der Waals surface area contributed by atoms with E-state index in [1.807, 2.05) is 0 Å². The fourth-order valence-electron chi connectivity index (χ4n) is 3.71. The number of piperidine rings is 1. The van der Waals surface area contributed by atoms with E-state index in [1.54, 1.807) is 36.6 Å². The largest absolute Gasteiger partial charge is 0.454 e. The SMILES string of the molecule is Cc1nc(-c2csc(S(=O)(=O)N3CCCC(C(=O)Nc4ccc5c(c4)OCO5)C3)c2)no1. The Hall–Kier alpha value is -2.96. The standard InChI is InChI=1S/C20H20N4O6S2/c1-12-21-19(23-30-12)14-7-18(31-10-14)32(26,27)24-6-2-3-13(9-24)20(25)22-15-4-5-16-17(8-15)29-11-28-16/h4-5,7-8,10,13H,2-3,6,9,11H2,1H3,(H,22,25). The van der Waals surface area contributed by atoms with Crippen LogP contribution in [0.3, 0.4) is 0 Å². The molecule has 32 heavy (non-hydrogen) atoms. The normalized spacial score (nSPS) is 18.6. The first kappa shape index (κ1) is 20.9. The summed E-state index contributed by atoms with van der Waals surface area (Å²) in [6.45, 7) is 2.31. The number of rotatable bonds is 5. The molecule has 2 aliphatic heterocycles. The Morgan fingerprint density at radius 3 is 2.91 bits per heavy atom. The minimum Gasteiger partial charge on any atom is -0.454 e. The molecule has 1 saturated heterocycles. The molecule has 1 unspecified atom stereocenters. The van der Waals surface area contributed by atoms with Gasteiger partial charge in [0.25, 0.3) is 10.0 Å². The Labute approximate surface area is 188 Å². The number of thiophene rings is 1. The van der Waals surface area contributed by atoms with Gasteiger partial charge in [-0.2, -0.15) is 9.29 Å². The second-order valence-corrected chi connectivity index (χ2v) is 10.6. The van der Waals surface area contributed by atoms with Crippen molar-refractivity contribution >= 4 is 33.0 Å². The molecule has 168 valence electrons. The second kappa shape index (κ2) is 8.19. The molecule has 5 rings (SSSR count). The molecule has 2 aromatic heterocycles. The van der Waals surface area contributed by atoms with Gasteiger partial charge in [0.1, 0.15) is 4.21 Å². The highest BCUT2D eigenvalue weighted by Crippen LogP contribution is 2.35. The van der Waals surface area contributed by atoms with Gasteiger partial charge in [0, 0.05) is 42.7 Å². The minimum atomic E-state index is -3.74. The number of anilines is 1. The van der Waals surface area contributed by atoms with Crippen LogP contribution in [-0.2, 0) is 14.8 Å². The third-order valence-corrected chi connectivity index (χ3v) is 8.63. The van der Waals surface area contributed by atoms with Gasteiger partial charge in [0.2, 0.25) is 24.4 Å². The number of benzene rings is 1. The number of amides is 1. The lowest BCUT2D eigenvalue weighted by Gasteiger charge is -2.30. The highest BCUT2D eigenvalue weighted by atomic mass is 32.2. The lowest BCUT2D eigenvalue weighted by Crippen LogP contribution is -2.43. The van der Waals surface area contributed by atoms with Crippen molar-refractivity contribution in [2.45, 2.75) is 24.0 Å². The number of nitrogens with zero attached hydrogens (tertiary/aromatic N) is 3. The monoisotopic (exact) mass is 476 g/mol. The second-order valence-electron chi connectivity index (χ2n) is 7.55. The number of carbonyl (C=O) groups excluding carboxylic acids is 1. The maximum absolute atomic E-state index is 13.2. The van der Waals surface area contributed by atoms with E-state index in [0.717, 1.165) is 11.3 Å². The van der Waals surface area contributed by atoms with Crippen molar-refractivity contribution in [1.82, 2.24) is 14.4 Å². The van der Waals surface area contributed by atoms with Crippen LogP contribution in [0.15, 0.2) is 38.4 Å². The van der Waals surface area contributed by atoms with Crippen molar-refractivity contribution in [2.24, 2.45) is 5.92 Å². The number of fused-ring (bicyclic) bond motifs is 1. The molecule has 1 N–H and O–H groups in total. The van der Waals surface area contributed by atoms with Gasteiger partial charge in [-0.05, 0) is 31.0 Å². The molecule has 0 bridgehead atoms. The third-order valence-electron chi connectivity index (χ3n) is 5.35. The molecule has 0 aliphatic carbocycles. The van der Waals surface area contributed by atoms with E-state index >= 15 is 0 Å². The molecule has 4 heterocycles. The fraction of sp³-hybridized carbons (Fsp3) is 0.350. The van der Waals surface area contributed by atoms with Gasteiger partial charge in [-0.1, -0.05) is 5.16 Å². The van der Waals surface area contributed by atoms with Crippen LogP contribution < -0.4 is 14.8 Å². The van der Waals surface area contributed by atoms with E-state index in [4.69, 9.17) is 14.0 Å². The lowest BCUT2D eigenvalue weighted by atomic mass is 9.98. The fourth-order valence-corrected chi connectivity index (χ4v) is 6.54. The van der Waals surface area contributed by atoms with Crippen molar-refractivity contribution < 1.29 is 27.2 Å². The van der Waals surface area contributed by atoms with Crippen LogP contribution in [0, 0.1) is 12.8 Å². The average Bonchev–Trinajstić information content (AvgIpc) is 3.54. The maximum Gasteiger partial charge on any atom is 0.252 e. The van der Waals surface area contributed by atoms with Crippen molar-refractivity contribution in [3.05, 3.63) is 35.5 Å². The van der Waals surface area contributed by atoms with Crippen molar-refractivity contribution in [3.63, 3.8) is 0 Å². The molecule has 2 aliphatic rings. The van der Waals surface area contributed by atoms with Crippen LogP contribution in [0.1, 0.15) is 18.7 Å². The molecule has 1 fully saturated rings. The summed E-state index contributed by atoms with van der Waals surface area (Å²) in [5, 5.41) is 8.38. The average molecular weight is 477 g/mol. The summed E-state index contributed by atoms with van der Waals surface area (Å²) in [5.74, 6) is 1.27. The van der Waals surface area contributed by atoms with E-state index in [-0.39, 0.29) is 23.5 Å². The number of ether oxygens (including phenoxy) is 2. The van der Waals surface area contributed by atoms with Crippen LogP contribution in [0.4, 0.5) is 5.69 Å². The molecule has 10 nitrogen and oxygen atoms in total. The Balaban J connectivity index is 1.28. The van der Waals surface area contributed by atoms with Gasteiger partial charge in [-0.25, -0.2) is 8.42 Å². The zero-order valence-corrected chi connectivity index (χ0v) is 18.7. The molecule has 0 saturated carbocycles. The molecule has 1 amide bonds. The number of hydrogen-bond acceptors (Lipinski definition) is 9. The molecular formula is C20H20N4O6S2. The van der Waals surface area contributed by atoms with Gasteiger partial charge in [-0.15, -0.1) is 11.3 Å². The van der Waals surface area contributed by atoms with Gasteiger partial charge in [0.15, 0.2) is 11.5 Å². The van der Waals surface area contributed by atoms with Crippen LogP contribution in [0.25, 0.3) is 11.4 Å². The first-order chi connectivity index (χ1) is 15.4. The van der Waals surface area contributed by atoms with Crippen LogP contribution >= 0.6 is 11.3 Å². The number of carbonyl (C=O) groups is 1. The number of aromatic nitrogens is 2. The number of nitrogens with one attached hydrogen (secondary N) is 1. The van der Waals surface area contributed by atoms with Gasteiger partial charge >= 0.3 is 0 Å². The molecule has 12 heteroatoms. The summed E-state index contributed by atoms with van der Waals surface area (Å²) in [6, 6.07) is 6.70. The summed E-state index contributed by atoms with van der Waals surface area (Å²) < 4.78 is 43.5. The predicted molar refractivity (Wildman–Crippen MR) is 115 cm³/mol. The third kappa shape index (κ3) is 3.96. The Morgan fingerprint density at radius 2 is 2.09 bits per heavy atom. The van der Waals surface area contributed by atoms with E-state index in [2.05, 4.69) is 15.5 Å². The summed E-state index contributed by atoms with van der Waals surface area (Å²) in [5.41, 5.74) is 1.16. The van der Waals surface area contributed by atoms with Crippen molar-refractivity contribution in [1.29, 1.82) is 0 Å².